The Hall–Kier alpha value is -4.62. The van der Waals surface area contributed by atoms with E-state index in [4.69, 9.17) is 10.5 Å². The Bertz CT molecular complexity index is 1530. The second-order valence-electron chi connectivity index (χ2n) is 9.38. The average Bonchev–Trinajstić information content (AvgIpc) is 2.96. The highest BCUT2D eigenvalue weighted by Crippen LogP contribution is 2.35. The lowest BCUT2D eigenvalue weighted by molar-refractivity contribution is -0.139. The Morgan fingerprint density at radius 3 is 2.21 bits per heavy atom. The Kier molecular flexibility index (Phi) is 9.26. The van der Waals surface area contributed by atoms with Crippen LogP contribution >= 0.6 is 0 Å². The minimum atomic E-state index is -4.62. The highest BCUT2D eigenvalue weighted by Gasteiger charge is 2.36. The van der Waals surface area contributed by atoms with Gasteiger partial charge in [-0.25, -0.2) is 13.8 Å². The van der Waals surface area contributed by atoms with Crippen LogP contribution < -0.4 is 10.6 Å². The van der Waals surface area contributed by atoms with Crippen molar-refractivity contribution in [3.05, 3.63) is 113 Å². The van der Waals surface area contributed by atoms with Gasteiger partial charge in [0, 0.05) is 55.3 Å². The molecule has 0 atom stereocenters. The molecule has 0 amide bonds. The molecule has 0 aliphatic carbocycles. The number of pyridine rings is 1. The van der Waals surface area contributed by atoms with Crippen molar-refractivity contribution in [2.24, 2.45) is 10.7 Å². The molecular weight excluding hydrogens is 586 g/mol. The number of nitrogens with two attached hydrogens (primary N) is 1. The number of benzene rings is 2. The van der Waals surface area contributed by atoms with Gasteiger partial charge < -0.3 is 20.3 Å². The molecule has 1 aliphatic rings. The maximum atomic E-state index is 13.8. The van der Waals surface area contributed by atoms with Gasteiger partial charge >= 0.3 is 12.4 Å². The lowest BCUT2D eigenvalue weighted by Gasteiger charge is -2.37. The van der Waals surface area contributed by atoms with Gasteiger partial charge in [0.1, 0.15) is 18.3 Å². The number of rotatable bonds is 7. The van der Waals surface area contributed by atoms with Crippen molar-refractivity contribution in [3.63, 3.8) is 0 Å². The van der Waals surface area contributed by atoms with Crippen LogP contribution in [0.4, 0.5) is 40.9 Å². The van der Waals surface area contributed by atoms with E-state index in [0.717, 1.165) is 24.3 Å². The van der Waals surface area contributed by atoms with Crippen LogP contribution in [0.2, 0.25) is 0 Å². The summed E-state index contributed by atoms with van der Waals surface area (Å²) < 4.78 is 113. The third kappa shape index (κ3) is 7.81. The van der Waals surface area contributed by atoms with Crippen LogP contribution in [0.15, 0.2) is 84.3 Å². The van der Waals surface area contributed by atoms with E-state index >= 15 is 0 Å². The summed E-state index contributed by atoms with van der Waals surface area (Å²) in [6, 6.07) is 9.93. The third-order valence-electron chi connectivity index (χ3n) is 6.49. The number of aliphatic imine (C=N–C) groups is 1. The summed E-state index contributed by atoms with van der Waals surface area (Å²) >= 11 is 0. The molecule has 2 aromatic carbocycles. The number of aromatic nitrogens is 1. The molecule has 1 aliphatic heterocycles. The van der Waals surface area contributed by atoms with Gasteiger partial charge in [0.05, 0.1) is 11.1 Å². The SMILES string of the molecule is C=C(/N=C(\C=C(/N)c1ccc(F)c(F)c1)N1CCN(c2ncccc2C(F)(F)F)CC1)OCc1ccccc1C(F)(F)F. The first kappa shape index (κ1) is 31.3. The molecule has 0 saturated carbocycles. The molecule has 0 bridgehead atoms. The van der Waals surface area contributed by atoms with E-state index in [1.165, 1.54) is 47.5 Å². The highest BCUT2D eigenvalue weighted by atomic mass is 19.4. The monoisotopic (exact) mass is 611 g/mol. The van der Waals surface area contributed by atoms with Gasteiger partial charge in [0.15, 0.2) is 11.6 Å². The number of nitrogens with zero attached hydrogens (tertiary/aromatic N) is 4. The number of hydrogen-bond donors (Lipinski definition) is 1. The van der Waals surface area contributed by atoms with E-state index in [2.05, 4.69) is 16.6 Å². The van der Waals surface area contributed by atoms with Crippen LogP contribution in [-0.2, 0) is 23.7 Å². The molecule has 1 aromatic heterocycles. The molecular formula is C29H25F8N5O. The van der Waals surface area contributed by atoms with E-state index < -0.39 is 41.7 Å². The maximum absolute atomic E-state index is 13.8. The molecule has 1 fully saturated rings. The summed E-state index contributed by atoms with van der Waals surface area (Å²) in [7, 11) is 0. The standard InChI is InChI=1S/C29H25F8N5O/c1-18(43-17-20-5-2-3-6-21(20)28(32,33)34)40-26(16-25(38)19-8-9-23(30)24(31)15-19)41-11-13-42(14-12-41)27-22(29(35,36)37)7-4-10-39-27/h2-10,15-16H,1,11-14,17,38H2/b25-16-,40-26+. The van der Waals surface area contributed by atoms with Gasteiger partial charge in [0.25, 0.3) is 0 Å². The summed E-state index contributed by atoms with van der Waals surface area (Å²) in [6.45, 7) is 3.57. The zero-order valence-electron chi connectivity index (χ0n) is 22.4. The van der Waals surface area contributed by atoms with Gasteiger partial charge in [-0.3, -0.25) is 0 Å². The lowest BCUT2D eigenvalue weighted by Crippen LogP contribution is -2.49. The number of anilines is 1. The van der Waals surface area contributed by atoms with E-state index in [0.29, 0.717) is 0 Å². The van der Waals surface area contributed by atoms with Gasteiger partial charge in [-0.05, 0) is 43.0 Å². The van der Waals surface area contributed by atoms with Gasteiger partial charge in [-0.1, -0.05) is 18.2 Å². The summed E-state index contributed by atoms with van der Waals surface area (Å²) in [4.78, 5) is 11.3. The summed E-state index contributed by atoms with van der Waals surface area (Å²) in [5.41, 5.74) is 4.27. The van der Waals surface area contributed by atoms with Crippen molar-refractivity contribution in [3.8, 4) is 0 Å². The van der Waals surface area contributed by atoms with E-state index in [-0.39, 0.29) is 60.5 Å². The van der Waals surface area contributed by atoms with Crippen LogP contribution in [0.5, 0.6) is 0 Å². The second kappa shape index (κ2) is 12.7. The van der Waals surface area contributed by atoms with Crippen molar-refractivity contribution in [2.45, 2.75) is 19.0 Å². The molecule has 228 valence electrons. The Balaban J connectivity index is 1.58. The molecule has 3 aromatic rings. The minimum Gasteiger partial charge on any atom is -0.473 e. The van der Waals surface area contributed by atoms with Crippen molar-refractivity contribution < 1.29 is 39.9 Å². The number of ether oxygens (including phenoxy) is 1. The van der Waals surface area contributed by atoms with Crippen molar-refractivity contribution >= 4 is 17.4 Å². The molecule has 14 heteroatoms. The predicted octanol–water partition coefficient (Wildman–Crippen LogP) is 6.61. The van der Waals surface area contributed by atoms with Gasteiger partial charge in [-0.2, -0.15) is 31.3 Å². The zero-order chi connectivity index (χ0) is 31.4. The fraction of sp³-hybridized carbons (Fsp3) is 0.241. The molecule has 1 saturated heterocycles. The number of alkyl halides is 6. The topological polar surface area (TPSA) is 67.0 Å². The maximum Gasteiger partial charge on any atom is 0.419 e. The quantitative estimate of drug-likeness (QED) is 0.141. The minimum absolute atomic E-state index is 0.0422. The number of piperazine rings is 1. The van der Waals surface area contributed by atoms with E-state index in [9.17, 15) is 35.1 Å². The van der Waals surface area contributed by atoms with Crippen LogP contribution in [0.1, 0.15) is 22.3 Å². The van der Waals surface area contributed by atoms with E-state index in [1.54, 1.807) is 4.90 Å². The highest BCUT2D eigenvalue weighted by molar-refractivity contribution is 5.99. The summed E-state index contributed by atoms with van der Waals surface area (Å²) in [5.74, 6) is -2.66. The van der Waals surface area contributed by atoms with Crippen LogP contribution in [0.3, 0.4) is 0 Å². The van der Waals surface area contributed by atoms with Crippen LogP contribution in [0.25, 0.3) is 5.70 Å². The molecule has 0 unspecified atom stereocenters. The normalized spacial score (nSPS) is 15.1. The Morgan fingerprint density at radius 1 is 0.907 bits per heavy atom. The third-order valence-corrected chi connectivity index (χ3v) is 6.49. The molecule has 6 nitrogen and oxygen atoms in total. The first-order chi connectivity index (χ1) is 20.2. The predicted molar refractivity (Wildman–Crippen MR) is 144 cm³/mol. The van der Waals surface area contributed by atoms with E-state index in [1.807, 2.05) is 0 Å². The van der Waals surface area contributed by atoms with Crippen LogP contribution in [-0.4, -0.2) is 41.9 Å². The molecule has 0 spiro atoms. The smallest absolute Gasteiger partial charge is 0.419 e. The lowest BCUT2D eigenvalue weighted by atomic mass is 10.1. The van der Waals surface area contributed by atoms with Crippen molar-refractivity contribution in [1.82, 2.24) is 9.88 Å². The van der Waals surface area contributed by atoms with Crippen molar-refractivity contribution in [2.75, 3.05) is 31.1 Å². The molecule has 4 rings (SSSR count). The summed E-state index contributed by atoms with van der Waals surface area (Å²) in [5, 5.41) is 0. The fourth-order valence-corrected chi connectivity index (χ4v) is 4.35. The molecule has 0 radical (unpaired) electrons. The average molecular weight is 612 g/mol. The Labute approximate surface area is 241 Å². The first-order valence-electron chi connectivity index (χ1n) is 12.7. The van der Waals surface area contributed by atoms with Gasteiger partial charge in [-0.15, -0.1) is 0 Å². The largest absolute Gasteiger partial charge is 0.473 e. The summed E-state index contributed by atoms with van der Waals surface area (Å²) in [6.07, 6.45) is -6.67. The number of halogens is 8. The number of hydrogen-bond acceptors (Lipinski definition) is 5. The molecule has 2 heterocycles. The number of amidine groups is 1. The zero-order valence-corrected chi connectivity index (χ0v) is 22.4. The molecule has 43 heavy (non-hydrogen) atoms. The van der Waals surface area contributed by atoms with Crippen molar-refractivity contribution in [1.29, 1.82) is 0 Å². The Morgan fingerprint density at radius 2 is 1.56 bits per heavy atom. The fourth-order valence-electron chi connectivity index (χ4n) is 4.35. The second-order valence-corrected chi connectivity index (χ2v) is 9.38. The van der Waals surface area contributed by atoms with Crippen LogP contribution in [0, 0.1) is 11.6 Å². The molecule has 2 N–H and O–H groups in total. The van der Waals surface area contributed by atoms with Gasteiger partial charge in [0.2, 0.25) is 5.88 Å². The first-order valence-corrected chi connectivity index (χ1v) is 12.7.